The molecular formula is C33H42N8O5. The number of carbonyl (C=O) groups is 1. The van der Waals surface area contributed by atoms with E-state index in [0.717, 1.165) is 12.0 Å². The topological polar surface area (TPSA) is 167 Å². The average molecular weight is 631 g/mol. The van der Waals surface area contributed by atoms with Gasteiger partial charge in [-0.25, -0.2) is 0 Å². The fourth-order valence-corrected chi connectivity index (χ4v) is 4.43. The summed E-state index contributed by atoms with van der Waals surface area (Å²) in [6.07, 6.45) is 0.795. The number of hydrogen-bond donors (Lipinski definition) is 5. The molecule has 1 heterocycles. The van der Waals surface area contributed by atoms with Gasteiger partial charge >= 0.3 is 0 Å². The minimum Gasteiger partial charge on any atom is -0.493 e. The molecule has 0 fully saturated rings. The number of anilines is 4. The number of nitrogens with one attached hydrogen (secondary N) is 4. The first kappa shape index (κ1) is 33.9. The fraction of sp³-hybridized carbons (Fsp3) is 0.333. The maximum atomic E-state index is 12.8. The van der Waals surface area contributed by atoms with Crippen molar-refractivity contribution in [1.82, 2.24) is 20.3 Å². The summed E-state index contributed by atoms with van der Waals surface area (Å²) in [6.45, 7) is 3.62. The van der Waals surface area contributed by atoms with Gasteiger partial charge in [0.15, 0.2) is 11.5 Å². The molecule has 0 aliphatic rings. The number of hydrogen-bond acceptors (Lipinski definition) is 12. The van der Waals surface area contributed by atoms with E-state index in [2.05, 4.69) is 48.4 Å². The lowest BCUT2D eigenvalue weighted by Gasteiger charge is -2.14. The molecule has 0 aliphatic heterocycles. The standard InChI is InChI=1S/C33H42N8O5/c1-43-28-13-7-11-26(29(28)44-2)23-37-32-39-31(36-16-14-24-8-4-3-5-9-24)40-33(41-32)38-27-12-6-10-25(22-27)30(42)35-17-19-46-21-20-45-18-15-34/h3-13,22H,14-21,23,34H2,1-2H3,(H,35,42)(H3,36,37,38,39,40,41). The fourth-order valence-electron chi connectivity index (χ4n) is 4.43. The van der Waals surface area contributed by atoms with Crippen LogP contribution in [0.15, 0.2) is 72.8 Å². The van der Waals surface area contributed by atoms with Gasteiger partial charge < -0.3 is 45.9 Å². The minimum atomic E-state index is -0.222. The van der Waals surface area contributed by atoms with Crippen LogP contribution in [0.3, 0.4) is 0 Å². The van der Waals surface area contributed by atoms with E-state index < -0.39 is 0 Å². The second kappa shape index (κ2) is 18.7. The van der Waals surface area contributed by atoms with Crippen molar-refractivity contribution in [3.05, 3.63) is 89.5 Å². The van der Waals surface area contributed by atoms with E-state index in [-0.39, 0.29) is 5.91 Å². The smallest absolute Gasteiger partial charge is 0.251 e. The number of methoxy groups -OCH3 is 2. The zero-order chi connectivity index (χ0) is 32.4. The van der Waals surface area contributed by atoms with Crippen LogP contribution in [0.5, 0.6) is 11.5 Å². The second-order valence-electron chi connectivity index (χ2n) is 9.95. The SMILES string of the molecule is COc1cccc(CNc2nc(NCCc3ccccc3)nc(Nc3cccc(C(=O)NCCOCCOCCN)c3)n2)c1OC. The zero-order valence-electron chi connectivity index (χ0n) is 26.3. The molecule has 0 spiro atoms. The van der Waals surface area contributed by atoms with Crippen LogP contribution in [-0.4, -0.2) is 81.1 Å². The maximum Gasteiger partial charge on any atom is 0.251 e. The monoisotopic (exact) mass is 630 g/mol. The number of aromatic nitrogens is 3. The van der Waals surface area contributed by atoms with Gasteiger partial charge in [0.2, 0.25) is 17.8 Å². The van der Waals surface area contributed by atoms with Crippen molar-refractivity contribution >= 4 is 29.4 Å². The molecule has 0 saturated heterocycles. The molecule has 0 aliphatic carbocycles. The van der Waals surface area contributed by atoms with Gasteiger partial charge in [-0.1, -0.05) is 48.5 Å². The van der Waals surface area contributed by atoms with Crippen LogP contribution in [0.25, 0.3) is 0 Å². The Balaban J connectivity index is 1.42. The van der Waals surface area contributed by atoms with Gasteiger partial charge in [-0.3, -0.25) is 4.79 Å². The third-order valence-corrected chi connectivity index (χ3v) is 6.64. The molecule has 1 amide bonds. The van der Waals surface area contributed by atoms with E-state index in [1.165, 1.54) is 5.56 Å². The molecule has 13 heteroatoms. The highest BCUT2D eigenvalue weighted by Crippen LogP contribution is 2.31. The highest BCUT2D eigenvalue weighted by molar-refractivity contribution is 5.95. The second-order valence-corrected chi connectivity index (χ2v) is 9.95. The number of para-hydroxylation sites is 1. The Bertz CT molecular complexity index is 1510. The van der Waals surface area contributed by atoms with E-state index in [1.807, 2.05) is 42.5 Å². The molecule has 0 atom stereocenters. The number of benzene rings is 3. The number of rotatable bonds is 20. The van der Waals surface area contributed by atoms with Crippen molar-refractivity contribution < 1.29 is 23.7 Å². The predicted molar refractivity (Wildman–Crippen MR) is 178 cm³/mol. The van der Waals surface area contributed by atoms with Crippen LogP contribution < -0.4 is 36.5 Å². The molecular weight excluding hydrogens is 588 g/mol. The molecule has 0 bridgehead atoms. The Morgan fingerprint density at radius 2 is 1.50 bits per heavy atom. The molecule has 244 valence electrons. The summed E-state index contributed by atoms with van der Waals surface area (Å²) in [5.74, 6) is 2.10. The molecule has 3 aromatic carbocycles. The van der Waals surface area contributed by atoms with Gasteiger partial charge in [0.25, 0.3) is 5.91 Å². The quantitative estimate of drug-likeness (QED) is 0.0902. The van der Waals surface area contributed by atoms with Gasteiger partial charge in [-0.15, -0.1) is 0 Å². The third kappa shape index (κ3) is 10.9. The molecule has 4 aromatic rings. The van der Waals surface area contributed by atoms with E-state index in [1.54, 1.807) is 32.4 Å². The molecule has 0 saturated carbocycles. The van der Waals surface area contributed by atoms with E-state index in [9.17, 15) is 4.79 Å². The summed E-state index contributed by atoms with van der Waals surface area (Å²) in [6, 6.07) is 22.9. The summed E-state index contributed by atoms with van der Waals surface area (Å²) >= 11 is 0. The van der Waals surface area contributed by atoms with Crippen molar-refractivity contribution in [2.75, 3.05) is 76.2 Å². The Kier molecular flexibility index (Phi) is 13.8. The number of amides is 1. The summed E-state index contributed by atoms with van der Waals surface area (Å²) in [4.78, 5) is 26.5. The Labute approximate surface area is 269 Å². The van der Waals surface area contributed by atoms with Gasteiger partial charge in [0, 0.05) is 43.0 Å². The lowest BCUT2D eigenvalue weighted by Crippen LogP contribution is -2.27. The Morgan fingerprint density at radius 3 is 2.26 bits per heavy atom. The van der Waals surface area contributed by atoms with Crippen molar-refractivity contribution in [2.24, 2.45) is 5.73 Å². The Hall–Kier alpha value is -4.98. The molecule has 1 aromatic heterocycles. The first-order chi connectivity index (χ1) is 22.6. The molecule has 46 heavy (non-hydrogen) atoms. The van der Waals surface area contributed by atoms with E-state index in [4.69, 9.17) is 24.7 Å². The first-order valence-corrected chi connectivity index (χ1v) is 15.1. The van der Waals surface area contributed by atoms with E-state index >= 15 is 0 Å². The summed E-state index contributed by atoms with van der Waals surface area (Å²) in [5.41, 5.74) is 8.59. The van der Waals surface area contributed by atoms with Gasteiger partial charge in [-0.2, -0.15) is 15.0 Å². The highest BCUT2D eigenvalue weighted by Gasteiger charge is 2.13. The van der Waals surface area contributed by atoms with Crippen LogP contribution >= 0.6 is 0 Å². The van der Waals surface area contributed by atoms with Gasteiger partial charge in [0.05, 0.1) is 40.6 Å². The molecule has 0 unspecified atom stereocenters. The number of carbonyl (C=O) groups excluding carboxylic acids is 1. The lowest BCUT2D eigenvalue weighted by atomic mass is 10.1. The van der Waals surface area contributed by atoms with E-state index in [0.29, 0.717) is 93.2 Å². The van der Waals surface area contributed by atoms with Crippen LogP contribution in [0, 0.1) is 0 Å². The molecule has 13 nitrogen and oxygen atoms in total. The summed E-state index contributed by atoms with van der Waals surface area (Å²) in [5, 5.41) is 12.6. The number of ether oxygens (including phenoxy) is 4. The van der Waals surface area contributed by atoms with Crippen molar-refractivity contribution in [2.45, 2.75) is 13.0 Å². The maximum absolute atomic E-state index is 12.8. The Morgan fingerprint density at radius 1 is 0.761 bits per heavy atom. The van der Waals surface area contributed by atoms with Crippen LogP contribution in [-0.2, 0) is 22.4 Å². The normalized spacial score (nSPS) is 10.7. The van der Waals surface area contributed by atoms with Gasteiger partial charge in [0.1, 0.15) is 0 Å². The largest absolute Gasteiger partial charge is 0.493 e. The third-order valence-electron chi connectivity index (χ3n) is 6.64. The minimum absolute atomic E-state index is 0.222. The average Bonchev–Trinajstić information content (AvgIpc) is 3.08. The number of nitrogens with two attached hydrogens (primary N) is 1. The lowest BCUT2D eigenvalue weighted by molar-refractivity contribution is 0.0511. The number of nitrogens with zero attached hydrogens (tertiary/aromatic N) is 3. The van der Waals surface area contributed by atoms with Crippen LogP contribution in [0.1, 0.15) is 21.5 Å². The van der Waals surface area contributed by atoms with Crippen molar-refractivity contribution in [3.8, 4) is 11.5 Å². The van der Waals surface area contributed by atoms with Crippen molar-refractivity contribution in [1.29, 1.82) is 0 Å². The summed E-state index contributed by atoms with van der Waals surface area (Å²) in [7, 11) is 3.20. The van der Waals surface area contributed by atoms with Crippen molar-refractivity contribution in [3.63, 3.8) is 0 Å². The predicted octanol–water partition coefficient (Wildman–Crippen LogP) is 3.62. The molecule has 6 N–H and O–H groups in total. The highest BCUT2D eigenvalue weighted by atomic mass is 16.5. The van der Waals surface area contributed by atoms with Gasteiger partial charge in [-0.05, 0) is 36.2 Å². The van der Waals surface area contributed by atoms with Crippen LogP contribution in [0.4, 0.5) is 23.5 Å². The molecule has 0 radical (unpaired) electrons. The zero-order valence-corrected chi connectivity index (χ0v) is 26.3. The van der Waals surface area contributed by atoms with Crippen LogP contribution in [0.2, 0.25) is 0 Å². The first-order valence-electron chi connectivity index (χ1n) is 15.1. The summed E-state index contributed by atoms with van der Waals surface area (Å²) < 4.78 is 21.8. The molecule has 4 rings (SSSR count).